The lowest BCUT2D eigenvalue weighted by Crippen LogP contribution is -2.32. The molecular formula is C42H41IN6O2. The number of nitrogens with one attached hydrogen (secondary N) is 2. The molecule has 51 heavy (non-hydrogen) atoms. The molecule has 0 spiro atoms. The van der Waals surface area contributed by atoms with E-state index < -0.39 is 0 Å². The van der Waals surface area contributed by atoms with Crippen molar-refractivity contribution in [1.29, 1.82) is 0 Å². The molecule has 1 atom stereocenters. The van der Waals surface area contributed by atoms with Gasteiger partial charge in [-0.2, -0.15) is 0 Å². The number of halogens is 1. The second-order valence-electron chi connectivity index (χ2n) is 13.1. The second-order valence-corrected chi connectivity index (χ2v) is 14.3. The minimum absolute atomic E-state index is 0.0206. The fourth-order valence-electron chi connectivity index (χ4n) is 6.72. The van der Waals surface area contributed by atoms with E-state index in [9.17, 15) is 9.59 Å². The molecule has 1 fully saturated rings. The molecule has 0 radical (unpaired) electrons. The topological polar surface area (TPSA) is 98.0 Å². The molecule has 1 aliphatic heterocycles. The van der Waals surface area contributed by atoms with E-state index in [4.69, 9.17) is 4.98 Å². The van der Waals surface area contributed by atoms with Crippen LogP contribution in [0, 0.1) is 0 Å². The van der Waals surface area contributed by atoms with Crippen LogP contribution in [0.2, 0.25) is 0 Å². The molecule has 6 aromatic rings. The number of likely N-dealkylation sites (tertiary alicyclic amines) is 1. The molecular weight excluding hydrogens is 747 g/mol. The van der Waals surface area contributed by atoms with E-state index in [2.05, 4.69) is 86.3 Å². The Hall–Kier alpha value is -5.03. The Kier molecular flexibility index (Phi) is 11.0. The monoisotopic (exact) mass is 788 g/mol. The number of imidazole rings is 2. The van der Waals surface area contributed by atoms with Crippen LogP contribution in [0.3, 0.4) is 0 Å². The summed E-state index contributed by atoms with van der Waals surface area (Å²) in [5.41, 5.74) is 8.45. The summed E-state index contributed by atoms with van der Waals surface area (Å²) in [6.45, 7) is 1.49. The largest absolute Gasteiger partial charge is 0.342 e. The van der Waals surface area contributed by atoms with E-state index in [-0.39, 0.29) is 17.9 Å². The van der Waals surface area contributed by atoms with Crippen LogP contribution in [-0.4, -0.2) is 52.9 Å². The fourth-order valence-corrected chi connectivity index (χ4v) is 7.23. The number of unbranched alkanes of at least 4 members (excludes halogenated alkanes) is 1. The highest BCUT2D eigenvalue weighted by atomic mass is 127. The first-order chi connectivity index (χ1) is 25.0. The van der Waals surface area contributed by atoms with Crippen molar-refractivity contribution in [3.05, 3.63) is 144 Å². The van der Waals surface area contributed by atoms with Gasteiger partial charge in [0, 0.05) is 19.5 Å². The molecule has 4 aromatic carbocycles. The van der Waals surface area contributed by atoms with Gasteiger partial charge in [0.2, 0.25) is 11.8 Å². The van der Waals surface area contributed by atoms with E-state index in [1.54, 1.807) is 3.11 Å². The third-order valence-corrected chi connectivity index (χ3v) is 10.5. The van der Waals surface area contributed by atoms with Crippen molar-refractivity contribution in [2.75, 3.05) is 13.1 Å². The first-order valence-corrected chi connectivity index (χ1v) is 18.6. The lowest BCUT2D eigenvalue weighted by Gasteiger charge is -2.23. The zero-order chi connectivity index (χ0) is 35.0. The highest BCUT2D eigenvalue weighted by molar-refractivity contribution is 14.1. The Morgan fingerprint density at radius 3 is 1.92 bits per heavy atom. The maximum atomic E-state index is 13.1. The molecule has 0 saturated carbocycles. The molecule has 3 heterocycles. The van der Waals surface area contributed by atoms with Gasteiger partial charge in [-0.05, 0) is 59.1 Å². The van der Waals surface area contributed by atoms with Crippen molar-refractivity contribution < 1.29 is 9.59 Å². The third-order valence-electron chi connectivity index (χ3n) is 9.52. The Labute approximate surface area is 312 Å². The number of rotatable bonds is 13. The summed E-state index contributed by atoms with van der Waals surface area (Å²) in [4.78, 5) is 43.9. The van der Waals surface area contributed by atoms with Crippen LogP contribution < -0.4 is 0 Å². The maximum absolute atomic E-state index is 13.1. The van der Waals surface area contributed by atoms with Gasteiger partial charge in [-0.25, -0.2) is 9.97 Å². The Morgan fingerprint density at radius 2 is 1.27 bits per heavy atom. The lowest BCUT2D eigenvalue weighted by atomic mass is 10.0. The van der Waals surface area contributed by atoms with Gasteiger partial charge in [0.25, 0.3) is 0 Å². The van der Waals surface area contributed by atoms with Crippen LogP contribution in [0.1, 0.15) is 54.5 Å². The van der Waals surface area contributed by atoms with Crippen molar-refractivity contribution in [1.82, 2.24) is 27.9 Å². The molecule has 1 aliphatic rings. The van der Waals surface area contributed by atoms with Gasteiger partial charge in [-0.15, -0.1) is 0 Å². The molecule has 9 heteroatoms. The average molecular weight is 789 g/mol. The van der Waals surface area contributed by atoms with Crippen LogP contribution >= 0.6 is 22.9 Å². The van der Waals surface area contributed by atoms with Crippen LogP contribution in [0.15, 0.2) is 122 Å². The standard InChI is InChI=1S/C42H41IN6O2/c43-49(41(51)27-31-12-5-2-6-13-31)25-8-7-15-39-44-28-36(46-39)34-20-16-32(17-21-34)33-18-22-35(23-19-33)37-29-45-42(47-37)38-14-9-24-48(38)40(50)26-30-10-3-1-4-11-30/h1-6,10-13,16-23,28-29,38H,7-9,14-15,24-27H2,(H,44,46)(H,45,47)/t38-/m0/s1. The van der Waals surface area contributed by atoms with Crippen molar-refractivity contribution in [2.24, 2.45) is 0 Å². The van der Waals surface area contributed by atoms with Crippen molar-refractivity contribution in [2.45, 2.75) is 51.0 Å². The number of benzene rings is 4. The summed E-state index contributed by atoms with van der Waals surface area (Å²) in [7, 11) is 0. The predicted octanol–water partition coefficient (Wildman–Crippen LogP) is 8.78. The van der Waals surface area contributed by atoms with Gasteiger partial charge in [-0.1, -0.05) is 109 Å². The molecule has 2 N–H and O–H groups in total. The third kappa shape index (κ3) is 8.65. The van der Waals surface area contributed by atoms with Crippen LogP contribution in [0.25, 0.3) is 33.6 Å². The predicted molar refractivity (Wildman–Crippen MR) is 210 cm³/mol. The smallest absolute Gasteiger partial charge is 0.235 e. The van der Waals surface area contributed by atoms with Gasteiger partial charge in [-0.3, -0.25) is 12.7 Å². The lowest BCUT2D eigenvalue weighted by molar-refractivity contribution is -0.131. The molecule has 258 valence electrons. The Balaban J connectivity index is 0.902. The van der Waals surface area contributed by atoms with E-state index in [1.165, 1.54) is 0 Å². The number of hydrogen-bond acceptors (Lipinski definition) is 4. The summed E-state index contributed by atoms with van der Waals surface area (Å²) >= 11 is 2.13. The van der Waals surface area contributed by atoms with Crippen molar-refractivity contribution >= 4 is 34.7 Å². The second kappa shape index (κ2) is 16.3. The molecule has 0 aliphatic carbocycles. The zero-order valence-electron chi connectivity index (χ0n) is 28.5. The number of amides is 2. The van der Waals surface area contributed by atoms with Gasteiger partial charge in [0.05, 0.1) is 65.5 Å². The summed E-state index contributed by atoms with van der Waals surface area (Å²) < 4.78 is 1.79. The number of nitrogens with zero attached hydrogens (tertiary/aromatic N) is 4. The number of H-pyrrole nitrogens is 2. The molecule has 0 bridgehead atoms. The summed E-state index contributed by atoms with van der Waals surface area (Å²) in [6.07, 6.45) is 9.23. The number of aromatic nitrogens is 4. The summed E-state index contributed by atoms with van der Waals surface area (Å²) in [5.74, 6) is 2.09. The van der Waals surface area contributed by atoms with E-state index >= 15 is 0 Å². The van der Waals surface area contributed by atoms with Crippen LogP contribution in [0.4, 0.5) is 0 Å². The Morgan fingerprint density at radius 1 is 0.706 bits per heavy atom. The molecule has 2 amide bonds. The van der Waals surface area contributed by atoms with E-state index in [0.717, 1.165) is 102 Å². The molecule has 2 aromatic heterocycles. The summed E-state index contributed by atoms with van der Waals surface area (Å²) in [6, 6.07) is 36.8. The minimum Gasteiger partial charge on any atom is -0.342 e. The van der Waals surface area contributed by atoms with Crippen LogP contribution in [-0.2, 0) is 28.9 Å². The van der Waals surface area contributed by atoms with E-state index in [0.29, 0.717) is 12.8 Å². The van der Waals surface area contributed by atoms with Gasteiger partial charge in [0.1, 0.15) is 11.6 Å². The number of carbonyl (C=O) groups is 2. The molecule has 1 saturated heterocycles. The number of carbonyl (C=O) groups excluding carboxylic acids is 2. The van der Waals surface area contributed by atoms with Crippen LogP contribution in [0.5, 0.6) is 0 Å². The zero-order valence-corrected chi connectivity index (χ0v) is 30.6. The first-order valence-electron chi connectivity index (χ1n) is 17.6. The molecule has 8 nitrogen and oxygen atoms in total. The number of hydrogen-bond donors (Lipinski definition) is 2. The number of aromatic amines is 2. The van der Waals surface area contributed by atoms with Gasteiger partial charge in [0.15, 0.2) is 0 Å². The molecule has 0 unspecified atom stereocenters. The van der Waals surface area contributed by atoms with Crippen molar-refractivity contribution in [3.8, 4) is 33.6 Å². The highest BCUT2D eigenvalue weighted by Crippen LogP contribution is 2.33. The highest BCUT2D eigenvalue weighted by Gasteiger charge is 2.32. The van der Waals surface area contributed by atoms with Crippen molar-refractivity contribution in [3.63, 3.8) is 0 Å². The van der Waals surface area contributed by atoms with Gasteiger partial charge >= 0.3 is 0 Å². The minimum atomic E-state index is -0.0206. The number of aryl methyl sites for hydroxylation is 1. The average Bonchev–Trinajstić information content (AvgIpc) is 3.96. The normalized spacial score (nSPS) is 14.1. The first kappa shape index (κ1) is 34.4. The molecule has 7 rings (SSSR count). The SMILES string of the molecule is O=C(Cc1ccccc1)N(I)CCCCc1ncc(-c2ccc(-c3ccc(-c4cnc([C@@H]5CCCN5C(=O)Cc5ccccc5)[nH]4)cc3)cc2)[nH]1. The summed E-state index contributed by atoms with van der Waals surface area (Å²) in [5, 5.41) is 0. The maximum Gasteiger partial charge on any atom is 0.235 e. The fraction of sp³-hybridized carbons (Fsp3) is 0.238. The van der Waals surface area contributed by atoms with Gasteiger partial charge < -0.3 is 14.9 Å². The quantitative estimate of drug-likeness (QED) is 0.0695. The Bertz CT molecular complexity index is 2040. The van der Waals surface area contributed by atoms with E-state index in [1.807, 2.05) is 78.0 Å².